The Morgan fingerprint density at radius 3 is 2.62 bits per heavy atom. The van der Waals surface area contributed by atoms with E-state index in [0.29, 0.717) is 29.9 Å². The molecule has 2 aliphatic rings. The number of halogens is 1. The summed E-state index contributed by atoms with van der Waals surface area (Å²) in [7, 11) is 1.54. The molecular formula is C33H39FN2O4. The van der Waals surface area contributed by atoms with Crippen LogP contribution in [0.25, 0.3) is 11.1 Å². The van der Waals surface area contributed by atoms with Gasteiger partial charge in [0.1, 0.15) is 17.7 Å². The summed E-state index contributed by atoms with van der Waals surface area (Å²) >= 11 is 0. The van der Waals surface area contributed by atoms with Crippen LogP contribution in [0.5, 0.6) is 11.6 Å². The molecule has 0 bridgehead atoms. The number of fused-ring (bicyclic) bond motifs is 1. The molecule has 0 saturated carbocycles. The van der Waals surface area contributed by atoms with E-state index in [1.807, 2.05) is 24.3 Å². The SMILES string of the molecule is COc1cc(-c2ccc(C3CCc4ccc(C[C@H](C)C(=O)O)cc4O3)cc2CN2[C@@H](C)CCC[C@@H]2C)c(F)cn1. The van der Waals surface area contributed by atoms with Gasteiger partial charge in [0, 0.05) is 30.3 Å². The van der Waals surface area contributed by atoms with E-state index in [-0.39, 0.29) is 11.9 Å². The number of aryl methyl sites for hydroxylation is 1. The summed E-state index contributed by atoms with van der Waals surface area (Å²) in [6, 6.07) is 14.8. The molecule has 3 aromatic rings. The van der Waals surface area contributed by atoms with E-state index in [1.165, 1.54) is 19.7 Å². The third-order valence-corrected chi connectivity index (χ3v) is 8.60. The molecule has 3 heterocycles. The van der Waals surface area contributed by atoms with Crippen LogP contribution in [-0.2, 0) is 24.2 Å². The van der Waals surface area contributed by atoms with Gasteiger partial charge in [-0.2, -0.15) is 0 Å². The van der Waals surface area contributed by atoms with Crippen molar-refractivity contribution < 1.29 is 23.8 Å². The fourth-order valence-electron chi connectivity index (χ4n) is 6.14. The van der Waals surface area contributed by atoms with Crippen molar-refractivity contribution in [3.8, 4) is 22.8 Å². The van der Waals surface area contributed by atoms with Gasteiger partial charge in [0.15, 0.2) is 0 Å². The first-order chi connectivity index (χ1) is 19.2. The molecule has 1 fully saturated rings. The number of carboxylic acid groups (broad SMARTS) is 1. The normalized spacial score (nSPS) is 21.8. The summed E-state index contributed by atoms with van der Waals surface area (Å²) in [6.07, 6.45) is 6.80. The maximum Gasteiger partial charge on any atom is 0.306 e. The first-order valence-electron chi connectivity index (χ1n) is 14.3. The number of carboxylic acids is 1. The Kier molecular flexibility index (Phi) is 8.40. The molecule has 0 radical (unpaired) electrons. The molecule has 0 aliphatic carbocycles. The van der Waals surface area contributed by atoms with E-state index in [1.54, 1.807) is 13.0 Å². The van der Waals surface area contributed by atoms with Gasteiger partial charge in [0.25, 0.3) is 0 Å². The Labute approximate surface area is 236 Å². The number of hydrogen-bond acceptors (Lipinski definition) is 5. The Balaban J connectivity index is 1.48. The molecule has 1 aromatic heterocycles. The number of likely N-dealkylation sites (tertiary alicyclic amines) is 1. The van der Waals surface area contributed by atoms with Crippen LogP contribution in [0.3, 0.4) is 0 Å². The predicted octanol–water partition coefficient (Wildman–Crippen LogP) is 6.99. The highest BCUT2D eigenvalue weighted by Crippen LogP contribution is 2.39. The Morgan fingerprint density at radius 2 is 1.90 bits per heavy atom. The highest BCUT2D eigenvalue weighted by Gasteiger charge is 2.28. The maximum absolute atomic E-state index is 15.1. The lowest BCUT2D eigenvalue weighted by Crippen LogP contribution is -2.43. The lowest BCUT2D eigenvalue weighted by molar-refractivity contribution is -0.141. The number of carbonyl (C=O) groups is 1. The smallest absolute Gasteiger partial charge is 0.306 e. The average Bonchev–Trinajstić information content (AvgIpc) is 2.95. The second-order valence-corrected chi connectivity index (χ2v) is 11.5. The Bertz CT molecular complexity index is 1370. The van der Waals surface area contributed by atoms with Gasteiger partial charge in [0.05, 0.1) is 19.2 Å². The summed E-state index contributed by atoms with van der Waals surface area (Å²) in [4.78, 5) is 17.9. The summed E-state index contributed by atoms with van der Waals surface area (Å²) in [5, 5.41) is 9.33. The van der Waals surface area contributed by atoms with Crippen molar-refractivity contribution in [3.63, 3.8) is 0 Å². The van der Waals surface area contributed by atoms with Gasteiger partial charge in [-0.05, 0) is 79.8 Å². The molecule has 1 unspecified atom stereocenters. The highest BCUT2D eigenvalue weighted by molar-refractivity contribution is 5.70. The monoisotopic (exact) mass is 546 g/mol. The molecule has 1 N–H and O–H groups in total. The molecule has 0 amide bonds. The van der Waals surface area contributed by atoms with Crippen molar-refractivity contribution in [2.24, 2.45) is 5.92 Å². The second-order valence-electron chi connectivity index (χ2n) is 11.5. The minimum absolute atomic E-state index is 0.138. The first-order valence-corrected chi connectivity index (χ1v) is 14.3. The van der Waals surface area contributed by atoms with E-state index < -0.39 is 11.9 Å². The predicted molar refractivity (Wildman–Crippen MR) is 153 cm³/mol. The molecule has 7 heteroatoms. The molecule has 4 atom stereocenters. The number of aromatic nitrogens is 1. The Hall–Kier alpha value is -3.45. The van der Waals surface area contributed by atoms with Gasteiger partial charge in [-0.25, -0.2) is 9.37 Å². The molecule has 0 spiro atoms. The molecule has 2 aromatic carbocycles. The van der Waals surface area contributed by atoms with Crippen LogP contribution in [0, 0.1) is 11.7 Å². The van der Waals surface area contributed by atoms with Crippen LogP contribution in [0.4, 0.5) is 4.39 Å². The zero-order valence-corrected chi connectivity index (χ0v) is 23.8. The van der Waals surface area contributed by atoms with Crippen LogP contribution in [0.15, 0.2) is 48.7 Å². The number of rotatable bonds is 8. The summed E-state index contributed by atoms with van der Waals surface area (Å²) in [6.45, 7) is 6.99. The zero-order valence-electron chi connectivity index (χ0n) is 23.8. The third kappa shape index (κ3) is 5.99. The van der Waals surface area contributed by atoms with Gasteiger partial charge in [0.2, 0.25) is 5.88 Å². The van der Waals surface area contributed by atoms with Crippen molar-refractivity contribution >= 4 is 5.97 Å². The first kappa shape index (κ1) is 28.1. The van der Waals surface area contributed by atoms with E-state index in [2.05, 4.69) is 35.9 Å². The summed E-state index contributed by atoms with van der Waals surface area (Å²) < 4.78 is 27.0. The molecule has 6 nitrogen and oxygen atoms in total. The van der Waals surface area contributed by atoms with Crippen molar-refractivity contribution in [1.29, 1.82) is 0 Å². The zero-order chi connectivity index (χ0) is 28.4. The fourth-order valence-corrected chi connectivity index (χ4v) is 6.14. The van der Waals surface area contributed by atoms with E-state index in [9.17, 15) is 9.90 Å². The van der Waals surface area contributed by atoms with Crippen LogP contribution in [0.2, 0.25) is 0 Å². The lowest BCUT2D eigenvalue weighted by Gasteiger charge is -2.39. The molecule has 1 saturated heterocycles. The number of aliphatic carboxylic acids is 1. The van der Waals surface area contributed by atoms with Gasteiger partial charge in [-0.3, -0.25) is 9.69 Å². The number of benzene rings is 2. The number of hydrogen-bond donors (Lipinski definition) is 1. The number of pyridine rings is 1. The standard InChI is InChI=1S/C33H39FN2O4/c1-20(33(37)38)14-23-8-9-24-11-13-30(40-31(24)15-23)25-10-12-27(28-17-32(39-4)35-18-29(28)34)26(16-25)19-36-21(2)6-5-7-22(36)3/h8-10,12,15-18,20-22,30H,5-7,11,13-14,19H2,1-4H3,(H,37,38)/t20-,21-,22-,30?/m0/s1. The minimum atomic E-state index is -0.801. The number of methoxy groups -OCH3 is 1. The number of nitrogens with zero attached hydrogens (tertiary/aromatic N) is 2. The van der Waals surface area contributed by atoms with Gasteiger partial charge in [-0.15, -0.1) is 0 Å². The van der Waals surface area contributed by atoms with Gasteiger partial charge < -0.3 is 14.6 Å². The van der Waals surface area contributed by atoms with E-state index >= 15 is 4.39 Å². The van der Waals surface area contributed by atoms with Crippen LogP contribution in [-0.4, -0.2) is 40.2 Å². The number of ether oxygens (including phenoxy) is 2. The third-order valence-electron chi connectivity index (χ3n) is 8.60. The minimum Gasteiger partial charge on any atom is -0.485 e. The largest absolute Gasteiger partial charge is 0.485 e. The molecule has 5 rings (SSSR count). The quantitative estimate of drug-likeness (QED) is 0.328. The van der Waals surface area contributed by atoms with E-state index in [0.717, 1.165) is 65.8 Å². The highest BCUT2D eigenvalue weighted by atomic mass is 19.1. The van der Waals surface area contributed by atoms with Crippen LogP contribution < -0.4 is 9.47 Å². The summed E-state index contributed by atoms with van der Waals surface area (Å²) in [5.74, 6) is -0.434. The van der Waals surface area contributed by atoms with Crippen LogP contribution >= 0.6 is 0 Å². The van der Waals surface area contributed by atoms with Gasteiger partial charge in [-0.1, -0.05) is 43.7 Å². The fraction of sp³-hybridized carbons (Fsp3) is 0.455. The molecule has 212 valence electrons. The lowest BCUT2D eigenvalue weighted by atomic mass is 9.90. The van der Waals surface area contributed by atoms with Crippen molar-refractivity contribution in [1.82, 2.24) is 9.88 Å². The van der Waals surface area contributed by atoms with Gasteiger partial charge >= 0.3 is 5.97 Å². The van der Waals surface area contributed by atoms with Crippen LogP contribution in [0.1, 0.15) is 74.8 Å². The van der Waals surface area contributed by atoms with Crippen molar-refractivity contribution in [3.05, 3.63) is 76.7 Å². The average molecular weight is 547 g/mol. The topological polar surface area (TPSA) is 71.9 Å². The molecule has 2 aliphatic heterocycles. The summed E-state index contributed by atoms with van der Waals surface area (Å²) in [5.41, 5.74) is 5.55. The Morgan fingerprint density at radius 1 is 1.12 bits per heavy atom. The van der Waals surface area contributed by atoms with Crippen molar-refractivity contribution in [2.45, 2.75) is 84.0 Å². The van der Waals surface area contributed by atoms with Crippen molar-refractivity contribution in [2.75, 3.05) is 7.11 Å². The van der Waals surface area contributed by atoms with E-state index in [4.69, 9.17) is 9.47 Å². The maximum atomic E-state index is 15.1. The second kappa shape index (κ2) is 12.0. The molecule has 40 heavy (non-hydrogen) atoms. The number of piperidine rings is 1. The molecular weight excluding hydrogens is 507 g/mol.